The lowest BCUT2D eigenvalue weighted by Gasteiger charge is -2.37. The normalized spacial score (nSPS) is 31.3. The van der Waals surface area contributed by atoms with Gasteiger partial charge in [0, 0.05) is 28.7 Å². The van der Waals surface area contributed by atoms with Crippen LogP contribution < -0.4 is 16.0 Å². The molecule has 2 aromatic carbocycles. The van der Waals surface area contributed by atoms with Crippen molar-refractivity contribution in [3.8, 4) is 0 Å². The Morgan fingerprint density at radius 2 is 1.81 bits per heavy atom. The van der Waals surface area contributed by atoms with Gasteiger partial charge in [0.1, 0.15) is 0 Å². The minimum atomic E-state index is -0.909. The van der Waals surface area contributed by atoms with Gasteiger partial charge in [0.15, 0.2) is 0 Å². The number of hydrogen-bond acceptors (Lipinski definition) is 4. The molecule has 0 aromatic heterocycles. The molecule has 5 rings (SSSR count). The van der Waals surface area contributed by atoms with E-state index in [0.717, 1.165) is 36.1 Å². The molecule has 0 bridgehead atoms. The van der Waals surface area contributed by atoms with Crippen molar-refractivity contribution in [2.75, 3.05) is 5.32 Å². The molecule has 7 heteroatoms. The van der Waals surface area contributed by atoms with Gasteiger partial charge in [-0.25, -0.2) is 0 Å². The molecule has 2 amide bonds. The van der Waals surface area contributed by atoms with Crippen molar-refractivity contribution in [1.29, 1.82) is 0 Å². The van der Waals surface area contributed by atoms with Crippen molar-refractivity contribution in [2.45, 2.75) is 88.9 Å². The summed E-state index contributed by atoms with van der Waals surface area (Å²) in [6, 6.07) is 15.0. The van der Waals surface area contributed by atoms with Crippen molar-refractivity contribution < 1.29 is 14.7 Å². The predicted octanol–water partition coefficient (Wildman–Crippen LogP) is 4.59. The Hall–Kier alpha value is -2.41. The molecule has 0 radical (unpaired) electrons. The van der Waals surface area contributed by atoms with Crippen LogP contribution in [0.2, 0.25) is 5.02 Å². The van der Waals surface area contributed by atoms with E-state index in [2.05, 4.69) is 48.9 Å². The summed E-state index contributed by atoms with van der Waals surface area (Å²) in [5.74, 6) is -0.421. The highest BCUT2D eigenvalue weighted by molar-refractivity contribution is 6.31. The average molecular weight is 524 g/mol. The fraction of sp³-hybridized carbons (Fsp3) is 0.533. The first-order valence-electron chi connectivity index (χ1n) is 13.5. The molecule has 2 fully saturated rings. The largest absolute Gasteiger partial charge is 0.393 e. The standard InChI is InChI=1S/C30H38ClN3O3/c1-29(2,3)17-25-30(22-14-9-19(31)16-24(22)33-28(30)37)23(15-18-7-5-4-6-8-18)26(34-25)27(36)32-20-10-12-21(35)13-11-20/h4-9,14,16,20-21,23,25-26,34-35H,10-13,15,17H2,1-3H3,(H,32,36)(H,33,37)/t20?,21?,23-,25+,26+,30+/m0/s1. The van der Waals surface area contributed by atoms with E-state index < -0.39 is 11.5 Å². The van der Waals surface area contributed by atoms with E-state index in [-0.39, 0.29) is 41.3 Å². The van der Waals surface area contributed by atoms with Gasteiger partial charge in [0.2, 0.25) is 11.8 Å². The molecule has 6 nitrogen and oxygen atoms in total. The van der Waals surface area contributed by atoms with Crippen LogP contribution in [0.1, 0.15) is 64.0 Å². The first-order valence-corrected chi connectivity index (χ1v) is 13.9. The molecule has 2 heterocycles. The number of amides is 2. The summed E-state index contributed by atoms with van der Waals surface area (Å²) in [4.78, 5) is 28.0. The molecule has 2 aliphatic heterocycles. The number of anilines is 1. The Bertz CT molecular complexity index is 1160. The van der Waals surface area contributed by atoms with Crippen LogP contribution in [0.5, 0.6) is 0 Å². The van der Waals surface area contributed by atoms with Crippen LogP contribution in [0.15, 0.2) is 48.5 Å². The summed E-state index contributed by atoms with van der Waals surface area (Å²) >= 11 is 6.32. The Balaban J connectivity index is 1.58. The van der Waals surface area contributed by atoms with E-state index in [1.807, 2.05) is 36.4 Å². The summed E-state index contributed by atoms with van der Waals surface area (Å²) in [5, 5.41) is 20.6. The molecule has 37 heavy (non-hydrogen) atoms. The van der Waals surface area contributed by atoms with Gasteiger partial charge in [0.05, 0.1) is 17.6 Å². The Morgan fingerprint density at radius 1 is 1.11 bits per heavy atom. The number of hydrogen-bond donors (Lipinski definition) is 4. The van der Waals surface area contributed by atoms with Crippen LogP contribution in [-0.2, 0) is 21.4 Å². The van der Waals surface area contributed by atoms with E-state index in [4.69, 9.17) is 11.6 Å². The van der Waals surface area contributed by atoms with Crippen molar-refractivity contribution in [2.24, 2.45) is 11.3 Å². The van der Waals surface area contributed by atoms with Crippen molar-refractivity contribution in [3.05, 3.63) is 64.7 Å². The van der Waals surface area contributed by atoms with Crippen molar-refractivity contribution in [1.82, 2.24) is 10.6 Å². The number of aliphatic hydroxyl groups excluding tert-OH is 1. The minimum Gasteiger partial charge on any atom is -0.393 e. The monoisotopic (exact) mass is 523 g/mol. The maximum atomic E-state index is 14.1. The summed E-state index contributed by atoms with van der Waals surface area (Å²) in [5.41, 5.74) is 1.77. The van der Waals surface area contributed by atoms with Gasteiger partial charge in [-0.3, -0.25) is 9.59 Å². The third-order valence-electron chi connectivity index (χ3n) is 8.41. The maximum absolute atomic E-state index is 14.1. The van der Waals surface area contributed by atoms with E-state index in [9.17, 15) is 14.7 Å². The van der Waals surface area contributed by atoms with Gasteiger partial charge in [-0.1, -0.05) is 68.8 Å². The molecule has 4 atom stereocenters. The number of rotatable bonds is 5. The fourth-order valence-corrected chi connectivity index (χ4v) is 6.95. The zero-order valence-electron chi connectivity index (χ0n) is 21.9. The van der Waals surface area contributed by atoms with Crippen LogP contribution in [0.3, 0.4) is 0 Å². The quantitative estimate of drug-likeness (QED) is 0.461. The van der Waals surface area contributed by atoms with Crippen molar-refractivity contribution >= 4 is 29.1 Å². The van der Waals surface area contributed by atoms with Crippen LogP contribution in [-0.4, -0.2) is 41.2 Å². The summed E-state index contributed by atoms with van der Waals surface area (Å²) < 4.78 is 0. The first-order chi connectivity index (χ1) is 17.6. The van der Waals surface area contributed by atoms with Gasteiger partial charge in [-0.2, -0.15) is 0 Å². The molecular weight excluding hydrogens is 486 g/mol. The van der Waals surface area contributed by atoms with E-state index in [0.29, 0.717) is 24.3 Å². The van der Waals surface area contributed by atoms with Gasteiger partial charge in [0.25, 0.3) is 0 Å². The second-order valence-electron chi connectivity index (χ2n) is 12.3. The Labute approximate surface area is 224 Å². The number of carbonyl (C=O) groups excluding carboxylic acids is 2. The van der Waals surface area contributed by atoms with Gasteiger partial charge < -0.3 is 21.1 Å². The maximum Gasteiger partial charge on any atom is 0.237 e. The number of halogens is 1. The minimum absolute atomic E-state index is 0.0381. The topological polar surface area (TPSA) is 90.5 Å². The third-order valence-corrected chi connectivity index (χ3v) is 8.64. The molecule has 1 saturated heterocycles. The number of aliphatic hydroxyl groups is 1. The summed E-state index contributed by atoms with van der Waals surface area (Å²) in [6.45, 7) is 6.51. The van der Waals surface area contributed by atoms with Crippen LogP contribution in [0.25, 0.3) is 0 Å². The van der Waals surface area contributed by atoms with E-state index in [1.165, 1.54) is 0 Å². The fourth-order valence-electron chi connectivity index (χ4n) is 6.78. The SMILES string of the molecule is CC(C)(C)C[C@H]1N[C@@H](C(=O)NC2CCC(O)CC2)[C@H](Cc2ccccc2)[C@@]12C(=O)Nc1cc(Cl)ccc12. The lowest BCUT2D eigenvalue weighted by Crippen LogP contribution is -2.51. The lowest BCUT2D eigenvalue weighted by atomic mass is 9.63. The molecular formula is C30H38ClN3O3. The summed E-state index contributed by atoms with van der Waals surface area (Å²) in [6.07, 6.45) is 3.96. The number of carbonyl (C=O) groups is 2. The highest BCUT2D eigenvalue weighted by atomic mass is 35.5. The molecule has 3 aliphatic rings. The molecule has 2 aromatic rings. The number of benzene rings is 2. The van der Waals surface area contributed by atoms with Crippen LogP contribution >= 0.6 is 11.6 Å². The lowest BCUT2D eigenvalue weighted by molar-refractivity contribution is -0.126. The third kappa shape index (κ3) is 5.04. The zero-order chi connectivity index (χ0) is 26.4. The second-order valence-corrected chi connectivity index (χ2v) is 12.7. The number of nitrogens with one attached hydrogen (secondary N) is 3. The van der Waals surface area contributed by atoms with Crippen LogP contribution in [0, 0.1) is 11.3 Å². The van der Waals surface area contributed by atoms with Gasteiger partial charge in [-0.15, -0.1) is 0 Å². The van der Waals surface area contributed by atoms with E-state index in [1.54, 1.807) is 0 Å². The second kappa shape index (κ2) is 10.0. The Morgan fingerprint density at radius 3 is 2.49 bits per heavy atom. The van der Waals surface area contributed by atoms with Crippen molar-refractivity contribution in [3.63, 3.8) is 0 Å². The molecule has 1 spiro atoms. The first kappa shape index (κ1) is 26.2. The molecule has 198 valence electrons. The highest BCUT2D eigenvalue weighted by Crippen LogP contribution is 2.54. The van der Waals surface area contributed by atoms with E-state index >= 15 is 0 Å². The molecule has 1 saturated carbocycles. The highest BCUT2D eigenvalue weighted by Gasteiger charge is 2.65. The number of fused-ring (bicyclic) bond motifs is 2. The zero-order valence-corrected chi connectivity index (χ0v) is 22.6. The van der Waals surface area contributed by atoms with Crippen LogP contribution in [0.4, 0.5) is 5.69 Å². The predicted molar refractivity (Wildman–Crippen MR) is 147 cm³/mol. The van der Waals surface area contributed by atoms with Gasteiger partial charge >= 0.3 is 0 Å². The summed E-state index contributed by atoms with van der Waals surface area (Å²) in [7, 11) is 0. The Kier molecular flexibility index (Phi) is 7.12. The average Bonchev–Trinajstić information content (AvgIpc) is 3.30. The molecule has 4 N–H and O–H groups in total. The molecule has 0 unspecified atom stereocenters. The smallest absolute Gasteiger partial charge is 0.237 e. The van der Waals surface area contributed by atoms with Gasteiger partial charge in [-0.05, 0) is 67.2 Å². The molecule has 1 aliphatic carbocycles.